The van der Waals surface area contributed by atoms with Crippen LogP contribution < -0.4 is 10.6 Å². The van der Waals surface area contributed by atoms with Crippen LogP contribution in [0, 0.1) is 24.5 Å². The predicted octanol–water partition coefficient (Wildman–Crippen LogP) is 3.49. The average Bonchev–Trinajstić information content (AvgIpc) is 2.53. The lowest BCUT2D eigenvalue weighted by molar-refractivity contribution is 0.388. The quantitative estimate of drug-likeness (QED) is 0.931. The zero-order valence-corrected chi connectivity index (χ0v) is 13.8. The average molecular weight is 332 g/mol. The van der Waals surface area contributed by atoms with Gasteiger partial charge in [0.2, 0.25) is 5.95 Å². The number of hydrogen-bond donors (Lipinski definition) is 1. The Morgan fingerprint density at radius 2 is 2.08 bits per heavy atom. The molecule has 6 heteroatoms. The molecule has 128 valence electrons. The fourth-order valence-corrected chi connectivity index (χ4v) is 3.33. The molecule has 0 saturated carbocycles. The van der Waals surface area contributed by atoms with Crippen LogP contribution in [0.15, 0.2) is 24.3 Å². The van der Waals surface area contributed by atoms with Crippen molar-refractivity contribution in [2.24, 2.45) is 5.92 Å². The molecule has 4 nitrogen and oxygen atoms in total. The Morgan fingerprint density at radius 3 is 2.83 bits per heavy atom. The van der Waals surface area contributed by atoms with E-state index in [2.05, 4.69) is 14.9 Å². The van der Waals surface area contributed by atoms with E-state index in [9.17, 15) is 8.78 Å². The first-order chi connectivity index (χ1) is 11.5. The maximum atomic E-state index is 13.8. The Labute approximate surface area is 140 Å². The highest BCUT2D eigenvalue weighted by atomic mass is 19.1. The highest BCUT2D eigenvalue weighted by Gasteiger charge is 2.21. The number of benzene rings is 1. The van der Waals surface area contributed by atoms with Crippen molar-refractivity contribution < 1.29 is 8.78 Å². The third-order valence-corrected chi connectivity index (χ3v) is 4.54. The Morgan fingerprint density at radius 1 is 1.25 bits per heavy atom. The molecular formula is C18H22F2N4. The molecule has 1 aromatic carbocycles. The lowest BCUT2D eigenvalue weighted by Crippen LogP contribution is -2.36. The molecule has 0 amide bonds. The van der Waals surface area contributed by atoms with Crippen LogP contribution in [0.1, 0.15) is 30.5 Å². The summed E-state index contributed by atoms with van der Waals surface area (Å²) in [7, 11) is 0. The summed E-state index contributed by atoms with van der Waals surface area (Å²) < 4.78 is 26.7. The number of anilines is 2. The molecule has 2 N–H and O–H groups in total. The Bertz CT molecular complexity index is 700. The van der Waals surface area contributed by atoms with Gasteiger partial charge in [-0.25, -0.2) is 13.8 Å². The Hall–Kier alpha value is -2.24. The zero-order valence-electron chi connectivity index (χ0n) is 13.8. The molecule has 2 aromatic rings. The highest BCUT2D eigenvalue weighted by molar-refractivity contribution is 5.43. The molecule has 1 fully saturated rings. The minimum atomic E-state index is -0.531. The number of piperidine rings is 1. The van der Waals surface area contributed by atoms with E-state index in [1.54, 1.807) is 6.07 Å². The summed E-state index contributed by atoms with van der Waals surface area (Å²) >= 11 is 0. The monoisotopic (exact) mass is 332 g/mol. The van der Waals surface area contributed by atoms with Gasteiger partial charge in [0, 0.05) is 30.9 Å². The van der Waals surface area contributed by atoms with Crippen LogP contribution in [0.5, 0.6) is 0 Å². The van der Waals surface area contributed by atoms with Crippen LogP contribution >= 0.6 is 0 Å². The number of nitrogens with two attached hydrogens (primary N) is 1. The fraction of sp³-hybridized carbons (Fsp3) is 0.444. The molecule has 0 radical (unpaired) electrons. The van der Waals surface area contributed by atoms with Gasteiger partial charge in [0.05, 0.1) is 0 Å². The molecular weight excluding hydrogens is 310 g/mol. The first-order valence-electron chi connectivity index (χ1n) is 8.31. The van der Waals surface area contributed by atoms with E-state index in [0.717, 1.165) is 49.9 Å². The number of rotatable bonds is 4. The van der Waals surface area contributed by atoms with Crippen molar-refractivity contribution in [2.75, 3.05) is 23.7 Å². The van der Waals surface area contributed by atoms with Crippen LogP contribution in [0.4, 0.5) is 20.5 Å². The lowest BCUT2D eigenvalue weighted by Gasteiger charge is -2.33. The molecule has 1 aromatic heterocycles. The number of hydrogen-bond acceptors (Lipinski definition) is 4. The van der Waals surface area contributed by atoms with Crippen molar-refractivity contribution >= 4 is 11.8 Å². The van der Waals surface area contributed by atoms with Crippen molar-refractivity contribution in [2.45, 2.75) is 32.6 Å². The van der Waals surface area contributed by atoms with Gasteiger partial charge in [0.25, 0.3) is 0 Å². The Kier molecular flexibility index (Phi) is 4.92. The van der Waals surface area contributed by atoms with Crippen LogP contribution in [-0.2, 0) is 6.42 Å². The van der Waals surface area contributed by atoms with Crippen molar-refractivity contribution in [3.63, 3.8) is 0 Å². The summed E-state index contributed by atoms with van der Waals surface area (Å²) in [5.74, 6) is 0.622. The Balaban J connectivity index is 1.63. The fourth-order valence-electron chi connectivity index (χ4n) is 3.33. The molecule has 1 aliphatic rings. The molecule has 0 spiro atoms. The van der Waals surface area contributed by atoms with E-state index in [4.69, 9.17) is 5.73 Å². The van der Waals surface area contributed by atoms with Gasteiger partial charge in [-0.1, -0.05) is 6.07 Å². The number of nitrogen functional groups attached to an aromatic ring is 1. The first-order valence-corrected chi connectivity index (χ1v) is 8.31. The largest absolute Gasteiger partial charge is 0.368 e. The second kappa shape index (κ2) is 7.11. The summed E-state index contributed by atoms with van der Waals surface area (Å²) in [5, 5.41) is 0. The summed E-state index contributed by atoms with van der Waals surface area (Å²) in [6.07, 6.45) is 3.67. The summed E-state index contributed by atoms with van der Waals surface area (Å²) in [6, 6.07) is 5.76. The van der Waals surface area contributed by atoms with Gasteiger partial charge >= 0.3 is 0 Å². The number of aryl methyl sites for hydroxylation is 2. The van der Waals surface area contributed by atoms with E-state index < -0.39 is 11.6 Å². The maximum absolute atomic E-state index is 13.8. The smallest absolute Gasteiger partial charge is 0.222 e. The van der Waals surface area contributed by atoms with Gasteiger partial charge in [-0.15, -0.1) is 0 Å². The van der Waals surface area contributed by atoms with Crippen LogP contribution in [0.25, 0.3) is 0 Å². The van der Waals surface area contributed by atoms with Gasteiger partial charge in [0.1, 0.15) is 17.5 Å². The second-order valence-corrected chi connectivity index (χ2v) is 6.45. The molecule has 0 aliphatic carbocycles. The van der Waals surface area contributed by atoms with Crippen molar-refractivity contribution in [1.82, 2.24) is 9.97 Å². The van der Waals surface area contributed by atoms with E-state index in [-0.39, 0.29) is 0 Å². The standard InChI is InChI=1S/C18H22F2N4/c1-12-9-17(23-18(21)22-12)24-8-2-3-13(11-24)4-5-14-6-7-15(19)10-16(14)20/h6-7,9-10,13H,2-5,8,11H2,1H3,(H2,21,22,23)/t13-/m0/s1. The van der Waals surface area contributed by atoms with Gasteiger partial charge in [0.15, 0.2) is 0 Å². The van der Waals surface area contributed by atoms with Crippen molar-refractivity contribution in [1.29, 1.82) is 0 Å². The summed E-state index contributed by atoms with van der Waals surface area (Å²) in [5.41, 5.74) is 7.18. The third-order valence-electron chi connectivity index (χ3n) is 4.54. The minimum Gasteiger partial charge on any atom is -0.368 e. The zero-order chi connectivity index (χ0) is 17.1. The predicted molar refractivity (Wildman–Crippen MR) is 90.8 cm³/mol. The molecule has 0 unspecified atom stereocenters. The molecule has 1 aliphatic heterocycles. The first kappa shape index (κ1) is 16.6. The van der Waals surface area contributed by atoms with Crippen LogP contribution in [0.2, 0.25) is 0 Å². The normalized spacial score (nSPS) is 18.0. The molecule has 24 heavy (non-hydrogen) atoms. The van der Waals surface area contributed by atoms with Crippen molar-refractivity contribution in [3.8, 4) is 0 Å². The highest BCUT2D eigenvalue weighted by Crippen LogP contribution is 2.26. The SMILES string of the molecule is Cc1cc(N2CCC[C@@H](CCc3ccc(F)cc3F)C2)nc(N)n1. The maximum Gasteiger partial charge on any atom is 0.222 e. The van der Waals surface area contributed by atoms with E-state index in [1.807, 2.05) is 13.0 Å². The van der Waals surface area contributed by atoms with Gasteiger partial charge in [-0.2, -0.15) is 4.98 Å². The van der Waals surface area contributed by atoms with E-state index in [0.29, 0.717) is 23.9 Å². The second-order valence-electron chi connectivity index (χ2n) is 6.45. The van der Waals surface area contributed by atoms with Gasteiger partial charge in [-0.3, -0.25) is 0 Å². The van der Waals surface area contributed by atoms with E-state index in [1.165, 1.54) is 6.07 Å². The molecule has 1 atom stereocenters. The number of halogens is 2. The third kappa shape index (κ3) is 3.99. The van der Waals surface area contributed by atoms with Crippen molar-refractivity contribution in [3.05, 3.63) is 47.2 Å². The number of nitrogens with zero attached hydrogens (tertiary/aromatic N) is 3. The molecule has 2 heterocycles. The summed E-state index contributed by atoms with van der Waals surface area (Å²) in [4.78, 5) is 10.7. The van der Waals surface area contributed by atoms with Crippen LogP contribution in [0.3, 0.4) is 0 Å². The number of aromatic nitrogens is 2. The minimum absolute atomic E-state index is 0.292. The molecule has 1 saturated heterocycles. The summed E-state index contributed by atoms with van der Waals surface area (Å²) in [6.45, 7) is 3.72. The van der Waals surface area contributed by atoms with Gasteiger partial charge in [-0.05, 0) is 50.2 Å². The van der Waals surface area contributed by atoms with Gasteiger partial charge < -0.3 is 10.6 Å². The molecule has 0 bridgehead atoms. The van der Waals surface area contributed by atoms with Crippen LogP contribution in [-0.4, -0.2) is 23.1 Å². The topological polar surface area (TPSA) is 55.0 Å². The lowest BCUT2D eigenvalue weighted by atomic mass is 9.91. The van der Waals surface area contributed by atoms with E-state index >= 15 is 0 Å². The molecule has 3 rings (SSSR count).